The Morgan fingerprint density at radius 2 is 1.94 bits per heavy atom. The van der Waals surface area contributed by atoms with Crippen LogP contribution < -0.4 is 4.74 Å². The maximum atomic E-state index is 11.6. The second kappa shape index (κ2) is 12.4. The minimum Gasteiger partial charge on any atom is -0.488 e. The Morgan fingerprint density at radius 3 is 2.58 bits per heavy atom. The number of esters is 1. The highest BCUT2D eigenvalue weighted by molar-refractivity contribution is 7.79. The summed E-state index contributed by atoms with van der Waals surface area (Å²) in [6.07, 6.45) is 4.71. The smallest absolute Gasteiger partial charge is 0.330 e. The van der Waals surface area contributed by atoms with Crippen LogP contribution in [0.25, 0.3) is 6.08 Å². The van der Waals surface area contributed by atoms with Crippen LogP contribution in [0.5, 0.6) is 5.75 Å². The number of aryl methyl sites for hydroxylation is 1. The van der Waals surface area contributed by atoms with Gasteiger partial charge in [0.1, 0.15) is 16.7 Å². The van der Waals surface area contributed by atoms with Crippen LogP contribution in [0.1, 0.15) is 37.0 Å². The van der Waals surface area contributed by atoms with Crippen molar-refractivity contribution in [2.45, 2.75) is 44.2 Å². The first-order chi connectivity index (χ1) is 14.9. The lowest BCUT2D eigenvalue weighted by Gasteiger charge is -2.25. The van der Waals surface area contributed by atoms with Crippen LogP contribution in [0.2, 0.25) is 0 Å². The van der Waals surface area contributed by atoms with Crippen molar-refractivity contribution >= 4 is 23.1 Å². The number of hydrogen-bond acceptors (Lipinski definition) is 5. The highest BCUT2D eigenvalue weighted by Gasteiger charge is 2.16. The zero-order valence-corrected chi connectivity index (χ0v) is 19.4. The Balaban J connectivity index is 2.11. The number of carbonyl (C=O) groups excluding carboxylic acids is 1. The van der Waals surface area contributed by atoms with E-state index in [1.165, 1.54) is 24.3 Å². The Hall–Kier alpha value is -2.48. The molecular formula is C24H31NO5S. The van der Waals surface area contributed by atoms with Crippen molar-refractivity contribution in [2.24, 2.45) is 0 Å². The van der Waals surface area contributed by atoms with Crippen LogP contribution in [0.4, 0.5) is 0 Å². The fourth-order valence-electron chi connectivity index (χ4n) is 3.30. The van der Waals surface area contributed by atoms with E-state index in [-0.39, 0.29) is 17.0 Å². The predicted molar refractivity (Wildman–Crippen MR) is 123 cm³/mol. The molecule has 0 saturated carbocycles. The summed E-state index contributed by atoms with van der Waals surface area (Å²) in [5, 5.41) is 0. The highest BCUT2D eigenvalue weighted by atomic mass is 32.2. The summed E-state index contributed by atoms with van der Waals surface area (Å²) < 4.78 is 31.8. The lowest BCUT2D eigenvalue weighted by molar-refractivity contribution is -0.134. The summed E-state index contributed by atoms with van der Waals surface area (Å²) in [5.41, 5.74) is 3.37. The number of ether oxygens (including phenoxy) is 2. The van der Waals surface area contributed by atoms with E-state index in [1.807, 2.05) is 20.0 Å². The van der Waals surface area contributed by atoms with Crippen LogP contribution in [0.3, 0.4) is 0 Å². The molecule has 0 saturated heterocycles. The van der Waals surface area contributed by atoms with E-state index in [0.717, 1.165) is 24.9 Å². The molecule has 31 heavy (non-hydrogen) atoms. The van der Waals surface area contributed by atoms with E-state index in [0.29, 0.717) is 12.3 Å². The van der Waals surface area contributed by atoms with Gasteiger partial charge < -0.3 is 14.0 Å². The summed E-state index contributed by atoms with van der Waals surface area (Å²) >= 11 is -2.09. The standard InChI is InChI=1S/C24H31NO5S/c1-5-19-13-11-18(12-14-24(26)29-4)15-20(19)16-25(3)17-21(6-2)30-22-9-7-8-10-23(22)31(27)28/h7-15,21H,5-6,16-17H2,1-4H3,(H,27,28). The van der Waals surface area contributed by atoms with Crippen molar-refractivity contribution in [3.63, 3.8) is 0 Å². The van der Waals surface area contributed by atoms with Crippen LogP contribution in [-0.4, -0.2) is 46.4 Å². The molecule has 0 aromatic heterocycles. The molecule has 2 rings (SSSR count). The third-order valence-corrected chi connectivity index (χ3v) is 5.68. The Morgan fingerprint density at radius 1 is 1.19 bits per heavy atom. The molecule has 2 atom stereocenters. The molecular weight excluding hydrogens is 414 g/mol. The Labute approximate surface area is 187 Å². The van der Waals surface area contributed by atoms with E-state index < -0.39 is 11.1 Å². The molecule has 0 aliphatic carbocycles. The second-order valence-electron chi connectivity index (χ2n) is 7.28. The fourth-order valence-corrected chi connectivity index (χ4v) is 3.78. The number of nitrogens with zero attached hydrogens (tertiary/aromatic N) is 1. The number of likely N-dealkylation sites (N-methyl/N-ethyl adjacent to an activating group) is 1. The first-order valence-electron chi connectivity index (χ1n) is 10.3. The fraction of sp³-hybridized carbons (Fsp3) is 0.375. The number of benzene rings is 2. The van der Waals surface area contributed by atoms with E-state index in [9.17, 15) is 13.6 Å². The maximum Gasteiger partial charge on any atom is 0.330 e. The zero-order valence-electron chi connectivity index (χ0n) is 18.5. The Bertz CT molecular complexity index is 928. The largest absolute Gasteiger partial charge is 0.488 e. The van der Waals surface area contributed by atoms with Crippen LogP contribution in [0, 0.1) is 0 Å². The van der Waals surface area contributed by atoms with Gasteiger partial charge in [-0.05, 0) is 54.8 Å². The predicted octanol–water partition coefficient (Wildman–Crippen LogP) is 4.31. The molecule has 0 bridgehead atoms. The first-order valence-corrected chi connectivity index (χ1v) is 11.4. The highest BCUT2D eigenvalue weighted by Crippen LogP contribution is 2.23. The summed E-state index contributed by atoms with van der Waals surface area (Å²) in [5.74, 6) is 0.0537. The van der Waals surface area contributed by atoms with E-state index in [2.05, 4.69) is 28.7 Å². The number of rotatable bonds is 11. The van der Waals surface area contributed by atoms with Gasteiger partial charge in [-0.1, -0.05) is 44.2 Å². The summed E-state index contributed by atoms with van der Waals surface area (Å²) in [6.45, 7) is 5.53. The molecule has 0 aliphatic heterocycles. The van der Waals surface area contributed by atoms with Gasteiger partial charge in [-0.15, -0.1) is 0 Å². The van der Waals surface area contributed by atoms with Crippen molar-refractivity contribution in [3.05, 3.63) is 65.2 Å². The number of para-hydroxylation sites is 1. The van der Waals surface area contributed by atoms with Gasteiger partial charge in [-0.25, -0.2) is 9.00 Å². The van der Waals surface area contributed by atoms with Gasteiger partial charge in [0, 0.05) is 19.2 Å². The number of carbonyl (C=O) groups is 1. The number of methoxy groups -OCH3 is 1. The van der Waals surface area contributed by atoms with Crippen LogP contribution >= 0.6 is 0 Å². The minimum atomic E-state index is -2.09. The molecule has 2 unspecified atom stereocenters. The molecule has 7 heteroatoms. The maximum absolute atomic E-state index is 11.6. The molecule has 6 nitrogen and oxygen atoms in total. The number of hydrogen-bond donors (Lipinski definition) is 1. The van der Waals surface area contributed by atoms with Gasteiger partial charge >= 0.3 is 5.97 Å². The normalized spacial score (nSPS) is 13.4. The zero-order chi connectivity index (χ0) is 22.8. The SMILES string of the molecule is CCc1ccc(C=CC(=O)OC)cc1CN(C)CC(CC)Oc1ccccc1S(=O)O. The molecule has 0 radical (unpaired) electrons. The third kappa shape index (κ3) is 7.61. The minimum absolute atomic E-state index is 0.123. The lowest BCUT2D eigenvalue weighted by Crippen LogP contribution is -2.32. The molecule has 0 fully saturated rings. The van der Waals surface area contributed by atoms with Gasteiger partial charge in [-0.2, -0.15) is 0 Å². The molecule has 1 N–H and O–H groups in total. The van der Waals surface area contributed by atoms with E-state index in [4.69, 9.17) is 4.74 Å². The van der Waals surface area contributed by atoms with E-state index >= 15 is 0 Å². The molecule has 0 spiro atoms. The van der Waals surface area contributed by atoms with Gasteiger partial charge in [0.25, 0.3) is 0 Å². The molecule has 0 heterocycles. The average Bonchev–Trinajstić information content (AvgIpc) is 2.77. The average molecular weight is 446 g/mol. The molecule has 168 valence electrons. The van der Waals surface area contributed by atoms with Crippen molar-refractivity contribution in [1.29, 1.82) is 0 Å². The molecule has 2 aromatic carbocycles. The lowest BCUT2D eigenvalue weighted by atomic mass is 10.0. The van der Waals surface area contributed by atoms with Gasteiger partial charge in [0.05, 0.1) is 7.11 Å². The van der Waals surface area contributed by atoms with Crippen LogP contribution in [0.15, 0.2) is 53.4 Å². The van der Waals surface area contributed by atoms with Crippen molar-refractivity contribution in [2.75, 3.05) is 20.7 Å². The summed E-state index contributed by atoms with van der Waals surface area (Å²) in [6, 6.07) is 13.0. The first kappa shape index (κ1) is 24.8. The topological polar surface area (TPSA) is 76.1 Å². The van der Waals surface area contributed by atoms with Crippen molar-refractivity contribution in [1.82, 2.24) is 4.90 Å². The molecule has 0 aliphatic rings. The van der Waals surface area contributed by atoms with Gasteiger partial charge in [-0.3, -0.25) is 4.90 Å². The Kier molecular flexibility index (Phi) is 9.91. The monoisotopic (exact) mass is 445 g/mol. The van der Waals surface area contributed by atoms with Crippen molar-refractivity contribution in [3.8, 4) is 5.75 Å². The molecule has 2 aromatic rings. The summed E-state index contributed by atoms with van der Waals surface area (Å²) in [7, 11) is 3.38. The summed E-state index contributed by atoms with van der Waals surface area (Å²) in [4.78, 5) is 13.8. The van der Waals surface area contributed by atoms with Gasteiger partial charge in [0.15, 0.2) is 11.1 Å². The molecule has 0 amide bonds. The quantitative estimate of drug-likeness (QED) is 0.316. The van der Waals surface area contributed by atoms with E-state index in [1.54, 1.807) is 30.3 Å². The van der Waals surface area contributed by atoms with Crippen LogP contribution in [-0.2, 0) is 33.6 Å². The van der Waals surface area contributed by atoms with Gasteiger partial charge in [0.2, 0.25) is 0 Å². The third-order valence-electron chi connectivity index (χ3n) is 4.97. The van der Waals surface area contributed by atoms with Crippen molar-refractivity contribution < 1.29 is 23.0 Å². The second-order valence-corrected chi connectivity index (χ2v) is 8.22.